The van der Waals surface area contributed by atoms with Gasteiger partial charge >= 0.3 is 0 Å². The second-order valence-corrected chi connectivity index (χ2v) is 6.49. The fourth-order valence-corrected chi connectivity index (χ4v) is 3.35. The van der Waals surface area contributed by atoms with Crippen LogP contribution in [0.3, 0.4) is 0 Å². The molecule has 7 heteroatoms. The van der Waals surface area contributed by atoms with E-state index < -0.39 is 0 Å². The normalized spacial score (nSPS) is 13.6. The van der Waals surface area contributed by atoms with Gasteiger partial charge in [0.25, 0.3) is 5.91 Å². The molecule has 0 saturated heterocycles. The lowest BCUT2D eigenvalue weighted by atomic mass is 9.97. The number of hydrogen-bond acceptors (Lipinski definition) is 5. The Morgan fingerprint density at radius 1 is 1.40 bits per heavy atom. The number of carbonyl (C=O) groups is 1. The van der Waals surface area contributed by atoms with Crippen molar-refractivity contribution in [1.82, 2.24) is 19.6 Å². The number of fused-ring (bicyclic) bond motifs is 3. The molecule has 0 saturated carbocycles. The molecule has 0 fully saturated rings. The van der Waals surface area contributed by atoms with Crippen molar-refractivity contribution in [1.29, 1.82) is 0 Å². The largest absolute Gasteiger partial charge is 0.491 e. The van der Waals surface area contributed by atoms with E-state index in [1.807, 2.05) is 19.1 Å². The third-order valence-corrected chi connectivity index (χ3v) is 4.55. The van der Waals surface area contributed by atoms with Crippen LogP contribution in [0.15, 0.2) is 22.9 Å². The predicted molar refractivity (Wildman–Crippen MR) is 91.9 cm³/mol. The first-order chi connectivity index (χ1) is 12.1. The quantitative estimate of drug-likeness (QED) is 0.732. The number of nitrogens with zero attached hydrogens (tertiary/aromatic N) is 4. The maximum atomic E-state index is 12.6. The molecule has 2 aromatic heterocycles. The van der Waals surface area contributed by atoms with Crippen LogP contribution in [0, 0.1) is 6.92 Å². The highest BCUT2D eigenvalue weighted by Gasteiger charge is 2.26. The number of benzene rings is 1. The van der Waals surface area contributed by atoms with Gasteiger partial charge in [-0.3, -0.25) is 4.79 Å². The number of imidazole rings is 1. The highest BCUT2D eigenvalue weighted by Crippen LogP contribution is 2.37. The van der Waals surface area contributed by atoms with Gasteiger partial charge in [0, 0.05) is 31.3 Å². The fraction of sp³-hybridized carbons (Fsp3) is 0.389. The topological polar surface area (TPSA) is 73.4 Å². The van der Waals surface area contributed by atoms with Gasteiger partial charge in [-0.05, 0) is 25.8 Å². The van der Waals surface area contributed by atoms with Crippen molar-refractivity contribution < 1.29 is 14.1 Å². The molecule has 25 heavy (non-hydrogen) atoms. The first-order valence-corrected chi connectivity index (χ1v) is 8.32. The van der Waals surface area contributed by atoms with Crippen molar-refractivity contribution >= 4 is 16.9 Å². The van der Waals surface area contributed by atoms with Gasteiger partial charge in [-0.25, -0.2) is 4.98 Å². The number of hydrogen-bond donors (Lipinski definition) is 0. The van der Waals surface area contributed by atoms with Gasteiger partial charge in [0.05, 0.1) is 18.7 Å². The van der Waals surface area contributed by atoms with Crippen LogP contribution in [-0.4, -0.2) is 46.2 Å². The lowest BCUT2D eigenvalue weighted by molar-refractivity contribution is 0.0825. The summed E-state index contributed by atoms with van der Waals surface area (Å²) in [6, 6.07) is 3.72. The van der Waals surface area contributed by atoms with Gasteiger partial charge < -0.3 is 18.7 Å². The SMILES string of the molecule is Cc1nc2cc(C(=O)N(C)C)c3c(c2n1Cc1ccon1)OCCC3. The van der Waals surface area contributed by atoms with Crippen molar-refractivity contribution in [2.75, 3.05) is 20.7 Å². The van der Waals surface area contributed by atoms with E-state index in [2.05, 4.69) is 14.7 Å². The minimum Gasteiger partial charge on any atom is -0.491 e. The van der Waals surface area contributed by atoms with Crippen molar-refractivity contribution in [2.45, 2.75) is 26.3 Å². The van der Waals surface area contributed by atoms with Crippen molar-refractivity contribution in [3.63, 3.8) is 0 Å². The number of amides is 1. The van der Waals surface area contributed by atoms with Gasteiger partial charge in [-0.15, -0.1) is 0 Å². The van der Waals surface area contributed by atoms with Crippen LogP contribution in [0.5, 0.6) is 5.75 Å². The number of carbonyl (C=O) groups excluding carboxylic acids is 1. The highest BCUT2D eigenvalue weighted by atomic mass is 16.5. The van der Waals surface area contributed by atoms with E-state index in [1.54, 1.807) is 25.3 Å². The van der Waals surface area contributed by atoms with Crippen LogP contribution in [0.1, 0.15) is 33.9 Å². The van der Waals surface area contributed by atoms with Crippen LogP contribution in [0.4, 0.5) is 0 Å². The molecule has 1 amide bonds. The Labute approximate surface area is 145 Å². The van der Waals surface area contributed by atoms with Crippen molar-refractivity contribution in [2.24, 2.45) is 0 Å². The zero-order valence-electron chi connectivity index (χ0n) is 14.6. The summed E-state index contributed by atoms with van der Waals surface area (Å²) in [6.45, 7) is 3.15. The zero-order chi connectivity index (χ0) is 17.6. The van der Waals surface area contributed by atoms with Crippen molar-refractivity contribution in [3.8, 4) is 5.75 Å². The smallest absolute Gasteiger partial charge is 0.253 e. The molecule has 0 unspecified atom stereocenters. The minimum atomic E-state index is -0.0210. The Hall–Kier alpha value is -2.83. The molecule has 1 aliphatic heterocycles. The molecule has 4 rings (SSSR count). The van der Waals surface area contributed by atoms with Gasteiger partial charge in [0.15, 0.2) is 0 Å². The number of aromatic nitrogens is 3. The Kier molecular flexibility index (Phi) is 3.71. The molecule has 0 spiro atoms. The molecule has 1 aromatic carbocycles. The molecular formula is C18H20N4O3. The summed E-state index contributed by atoms with van der Waals surface area (Å²) in [5, 5.41) is 3.99. The molecule has 3 aromatic rings. The molecule has 0 atom stereocenters. The van der Waals surface area contributed by atoms with E-state index in [0.29, 0.717) is 18.7 Å². The number of ether oxygens (including phenoxy) is 1. The predicted octanol–water partition coefficient (Wildman–Crippen LogP) is 2.41. The lowest BCUT2D eigenvalue weighted by Crippen LogP contribution is -2.24. The Bertz CT molecular complexity index is 941. The van der Waals surface area contributed by atoms with Crippen molar-refractivity contribution in [3.05, 3.63) is 41.0 Å². The fourth-order valence-electron chi connectivity index (χ4n) is 3.35. The monoisotopic (exact) mass is 340 g/mol. The second kappa shape index (κ2) is 5.91. The maximum Gasteiger partial charge on any atom is 0.253 e. The summed E-state index contributed by atoms with van der Waals surface area (Å²) >= 11 is 0. The molecule has 7 nitrogen and oxygen atoms in total. The van der Waals surface area contributed by atoms with Crippen LogP contribution in [0.25, 0.3) is 11.0 Å². The molecule has 1 aliphatic rings. The van der Waals surface area contributed by atoms with Crippen LogP contribution >= 0.6 is 0 Å². The minimum absolute atomic E-state index is 0.0210. The third kappa shape index (κ3) is 2.56. The summed E-state index contributed by atoms with van der Waals surface area (Å²) in [5.41, 5.74) is 4.16. The Balaban J connectivity index is 1.95. The average Bonchev–Trinajstić information content (AvgIpc) is 3.22. The van der Waals surface area contributed by atoms with Gasteiger partial charge in [0.1, 0.15) is 29.0 Å². The molecular weight excluding hydrogens is 320 g/mol. The molecule has 130 valence electrons. The molecule has 0 bridgehead atoms. The Morgan fingerprint density at radius 3 is 2.96 bits per heavy atom. The summed E-state index contributed by atoms with van der Waals surface area (Å²) in [4.78, 5) is 18.9. The van der Waals surface area contributed by atoms with Crippen LogP contribution in [-0.2, 0) is 13.0 Å². The molecule has 0 radical (unpaired) electrons. The number of aryl methyl sites for hydroxylation is 1. The number of rotatable bonds is 3. The Morgan fingerprint density at radius 2 is 2.24 bits per heavy atom. The van der Waals surface area contributed by atoms with E-state index >= 15 is 0 Å². The summed E-state index contributed by atoms with van der Waals surface area (Å²) in [6.07, 6.45) is 3.29. The second-order valence-electron chi connectivity index (χ2n) is 6.49. The molecule has 0 N–H and O–H groups in total. The van der Waals surface area contributed by atoms with Gasteiger partial charge in [-0.2, -0.15) is 0 Å². The lowest BCUT2D eigenvalue weighted by Gasteiger charge is -2.23. The van der Waals surface area contributed by atoms with Gasteiger partial charge in [-0.1, -0.05) is 5.16 Å². The van der Waals surface area contributed by atoms with E-state index in [0.717, 1.165) is 46.7 Å². The zero-order valence-corrected chi connectivity index (χ0v) is 14.6. The average molecular weight is 340 g/mol. The highest BCUT2D eigenvalue weighted by molar-refractivity contribution is 6.01. The third-order valence-electron chi connectivity index (χ3n) is 4.55. The van der Waals surface area contributed by atoms with Crippen LogP contribution < -0.4 is 4.74 Å². The van der Waals surface area contributed by atoms with E-state index in [1.165, 1.54) is 0 Å². The van der Waals surface area contributed by atoms with E-state index in [9.17, 15) is 4.79 Å². The van der Waals surface area contributed by atoms with E-state index in [4.69, 9.17) is 9.26 Å². The van der Waals surface area contributed by atoms with Crippen LogP contribution in [0.2, 0.25) is 0 Å². The van der Waals surface area contributed by atoms with E-state index in [-0.39, 0.29) is 5.91 Å². The molecule has 0 aliphatic carbocycles. The molecule has 3 heterocycles. The summed E-state index contributed by atoms with van der Waals surface area (Å²) in [7, 11) is 3.52. The summed E-state index contributed by atoms with van der Waals surface area (Å²) in [5.74, 6) is 1.61. The van der Waals surface area contributed by atoms with Gasteiger partial charge in [0.2, 0.25) is 0 Å². The maximum absolute atomic E-state index is 12.6. The first-order valence-electron chi connectivity index (χ1n) is 8.32. The summed E-state index contributed by atoms with van der Waals surface area (Å²) < 4.78 is 13.0. The first kappa shape index (κ1) is 15.7. The standard InChI is InChI=1S/C18H20N4O3/c1-11-19-15-9-14(18(23)21(2)3)13-5-4-7-24-17(13)16(15)22(11)10-12-6-8-25-20-12/h6,8-9H,4-5,7,10H2,1-3H3.